The minimum atomic E-state index is -0.157. The molecule has 0 bridgehead atoms. The number of nitrogens with one attached hydrogen (secondary N) is 2. The molecule has 6 nitrogen and oxygen atoms in total. The highest BCUT2D eigenvalue weighted by Gasteiger charge is 2.23. The predicted octanol–water partition coefficient (Wildman–Crippen LogP) is 2.49. The van der Waals surface area contributed by atoms with Crippen LogP contribution in [0.2, 0.25) is 0 Å². The fourth-order valence-corrected chi connectivity index (χ4v) is 4.04. The Balaban J connectivity index is 1.62. The Morgan fingerprint density at radius 3 is 3.17 bits per heavy atom. The van der Waals surface area contributed by atoms with Gasteiger partial charge in [0, 0.05) is 43.5 Å². The lowest BCUT2D eigenvalue weighted by Gasteiger charge is -2.14. The molecule has 0 saturated carbocycles. The van der Waals surface area contributed by atoms with E-state index in [9.17, 15) is 4.79 Å². The number of rotatable bonds is 3. The number of aryl methyl sites for hydroxylation is 2. The van der Waals surface area contributed by atoms with Gasteiger partial charge in [-0.25, -0.2) is 4.98 Å². The van der Waals surface area contributed by atoms with E-state index >= 15 is 0 Å². The van der Waals surface area contributed by atoms with E-state index in [4.69, 9.17) is 0 Å². The number of thiazole rings is 1. The Kier molecular flexibility index (Phi) is 3.82. The molecule has 24 heavy (non-hydrogen) atoms. The summed E-state index contributed by atoms with van der Waals surface area (Å²) in [6.07, 6.45) is 1.83. The molecule has 0 aliphatic carbocycles. The van der Waals surface area contributed by atoms with Crippen molar-refractivity contribution >= 4 is 33.1 Å². The molecule has 2 aromatic heterocycles. The Morgan fingerprint density at radius 1 is 1.46 bits per heavy atom. The molecular formula is C17H19N5OS. The number of anilines is 1. The summed E-state index contributed by atoms with van der Waals surface area (Å²) in [6.45, 7) is 3.72. The molecule has 3 aromatic rings. The molecule has 1 aliphatic heterocycles. The van der Waals surface area contributed by atoms with E-state index in [0.717, 1.165) is 51.6 Å². The summed E-state index contributed by atoms with van der Waals surface area (Å²) < 4.78 is 2.92. The Morgan fingerprint density at radius 2 is 2.33 bits per heavy atom. The number of benzene rings is 1. The molecule has 1 aliphatic rings. The van der Waals surface area contributed by atoms with Crippen LogP contribution in [0.25, 0.3) is 10.2 Å². The minimum Gasteiger partial charge on any atom is -0.321 e. The summed E-state index contributed by atoms with van der Waals surface area (Å²) in [5.74, 6) is -0.157. The summed E-state index contributed by atoms with van der Waals surface area (Å²) >= 11 is 1.67. The summed E-state index contributed by atoms with van der Waals surface area (Å²) in [4.78, 5) is 17.2. The lowest BCUT2D eigenvalue weighted by atomic mass is 10.1. The second-order valence-electron chi connectivity index (χ2n) is 5.92. The molecule has 0 unspecified atom stereocenters. The first-order valence-corrected chi connectivity index (χ1v) is 8.93. The molecule has 0 saturated heterocycles. The molecule has 0 spiro atoms. The van der Waals surface area contributed by atoms with Gasteiger partial charge in [-0.05, 0) is 24.6 Å². The first-order valence-electron chi connectivity index (χ1n) is 8.12. The summed E-state index contributed by atoms with van der Waals surface area (Å²) in [7, 11) is 1.90. The van der Waals surface area contributed by atoms with Crippen LogP contribution < -0.4 is 10.6 Å². The highest BCUT2D eigenvalue weighted by atomic mass is 32.1. The van der Waals surface area contributed by atoms with Crippen LogP contribution in [0.3, 0.4) is 0 Å². The Labute approximate surface area is 143 Å². The molecule has 0 atom stereocenters. The second-order valence-corrected chi connectivity index (χ2v) is 7.04. The quantitative estimate of drug-likeness (QED) is 0.768. The minimum absolute atomic E-state index is 0.157. The maximum atomic E-state index is 12.7. The van der Waals surface area contributed by atoms with E-state index in [1.165, 1.54) is 0 Å². The van der Waals surface area contributed by atoms with Gasteiger partial charge in [-0.3, -0.25) is 9.48 Å². The number of aromatic nitrogens is 3. The Bertz CT molecular complexity index is 927. The van der Waals surface area contributed by atoms with E-state index in [1.807, 2.05) is 29.9 Å². The third kappa shape index (κ3) is 2.59. The van der Waals surface area contributed by atoms with Crippen molar-refractivity contribution in [2.24, 2.45) is 7.05 Å². The normalized spacial score (nSPS) is 13.9. The first kappa shape index (κ1) is 15.3. The molecule has 4 rings (SSSR count). The topological polar surface area (TPSA) is 71.8 Å². The van der Waals surface area contributed by atoms with Gasteiger partial charge in [0.25, 0.3) is 5.91 Å². The molecule has 0 fully saturated rings. The van der Waals surface area contributed by atoms with E-state index in [0.29, 0.717) is 12.2 Å². The maximum absolute atomic E-state index is 12.7. The molecular weight excluding hydrogens is 322 g/mol. The van der Waals surface area contributed by atoms with Gasteiger partial charge in [0.05, 0.1) is 15.2 Å². The molecule has 124 valence electrons. The molecule has 2 N–H and O–H groups in total. The summed E-state index contributed by atoms with van der Waals surface area (Å²) in [5.41, 5.74) is 4.42. The number of carbonyl (C=O) groups excluding carboxylic acids is 1. The third-order valence-electron chi connectivity index (χ3n) is 4.32. The first-order chi connectivity index (χ1) is 11.7. The van der Waals surface area contributed by atoms with Crippen LogP contribution in [0.15, 0.2) is 18.2 Å². The number of amides is 1. The van der Waals surface area contributed by atoms with Crippen LogP contribution in [-0.2, 0) is 26.4 Å². The fraction of sp³-hybridized carbons (Fsp3) is 0.353. The van der Waals surface area contributed by atoms with Gasteiger partial charge >= 0.3 is 0 Å². The molecule has 7 heteroatoms. The van der Waals surface area contributed by atoms with Crippen molar-refractivity contribution in [2.45, 2.75) is 26.3 Å². The van der Waals surface area contributed by atoms with E-state index in [2.05, 4.69) is 27.6 Å². The van der Waals surface area contributed by atoms with Gasteiger partial charge in [0.1, 0.15) is 0 Å². The van der Waals surface area contributed by atoms with Crippen molar-refractivity contribution in [1.82, 2.24) is 20.1 Å². The van der Waals surface area contributed by atoms with Crippen LogP contribution in [0.1, 0.15) is 33.7 Å². The Hall–Kier alpha value is -2.25. The van der Waals surface area contributed by atoms with E-state index < -0.39 is 0 Å². The van der Waals surface area contributed by atoms with Crippen LogP contribution in [0.4, 0.5) is 5.69 Å². The average Bonchev–Trinajstić information content (AvgIpc) is 3.16. The maximum Gasteiger partial charge on any atom is 0.276 e. The van der Waals surface area contributed by atoms with Crippen molar-refractivity contribution < 1.29 is 4.79 Å². The third-order valence-corrected chi connectivity index (χ3v) is 5.49. The van der Waals surface area contributed by atoms with E-state index in [1.54, 1.807) is 11.3 Å². The van der Waals surface area contributed by atoms with Crippen molar-refractivity contribution in [3.05, 3.63) is 40.2 Å². The molecule has 1 amide bonds. The van der Waals surface area contributed by atoms with Crippen molar-refractivity contribution in [3.63, 3.8) is 0 Å². The summed E-state index contributed by atoms with van der Waals surface area (Å²) in [5, 5.41) is 11.8. The monoisotopic (exact) mass is 341 g/mol. The van der Waals surface area contributed by atoms with Gasteiger partial charge in [-0.1, -0.05) is 6.92 Å². The van der Waals surface area contributed by atoms with Gasteiger partial charge in [0.15, 0.2) is 5.69 Å². The predicted molar refractivity (Wildman–Crippen MR) is 95.6 cm³/mol. The van der Waals surface area contributed by atoms with Crippen molar-refractivity contribution in [1.29, 1.82) is 0 Å². The lowest BCUT2D eigenvalue weighted by Crippen LogP contribution is -2.26. The van der Waals surface area contributed by atoms with Crippen molar-refractivity contribution in [2.75, 3.05) is 11.9 Å². The molecule has 1 aromatic carbocycles. The number of nitrogens with zero attached hydrogens (tertiary/aromatic N) is 3. The van der Waals surface area contributed by atoms with Gasteiger partial charge in [0.2, 0.25) is 0 Å². The number of hydrogen-bond donors (Lipinski definition) is 2. The van der Waals surface area contributed by atoms with Crippen LogP contribution in [-0.4, -0.2) is 27.2 Å². The highest BCUT2D eigenvalue weighted by molar-refractivity contribution is 7.18. The number of carbonyl (C=O) groups is 1. The molecule has 3 heterocycles. The van der Waals surface area contributed by atoms with Crippen molar-refractivity contribution in [3.8, 4) is 0 Å². The fourth-order valence-electron chi connectivity index (χ4n) is 3.10. The second kappa shape index (κ2) is 5.99. The van der Waals surface area contributed by atoms with Crippen LogP contribution in [0, 0.1) is 0 Å². The average molecular weight is 341 g/mol. The molecule has 0 radical (unpaired) electrons. The van der Waals surface area contributed by atoms with Gasteiger partial charge in [-0.15, -0.1) is 11.3 Å². The zero-order valence-corrected chi connectivity index (χ0v) is 14.5. The summed E-state index contributed by atoms with van der Waals surface area (Å²) in [6, 6.07) is 5.83. The van der Waals surface area contributed by atoms with Gasteiger partial charge in [-0.2, -0.15) is 5.10 Å². The highest BCUT2D eigenvalue weighted by Crippen LogP contribution is 2.26. The SMILES string of the molecule is CCc1nc2ccc(NC(=O)c3nn(C)c4c3CNCC4)cc2s1. The lowest BCUT2D eigenvalue weighted by molar-refractivity contribution is 0.102. The smallest absolute Gasteiger partial charge is 0.276 e. The number of fused-ring (bicyclic) bond motifs is 2. The standard InChI is InChI=1S/C17H19N5OS/c1-3-15-20-12-5-4-10(8-14(12)24-15)19-17(23)16-11-9-18-7-6-13(11)22(2)21-16/h4-5,8,18H,3,6-7,9H2,1-2H3,(H,19,23). The van der Waals surface area contributed by atoms with Gasteiger partial charge < -0.3 is 10.6 Å². The zero-order chi connectivity index (χ0) is 16.7. The van der Waals surface area contributed by atoms with Crippen LogP contribution in [0.5, 0.6) is 0 Å². The van der Waals surface area contributed by atoms with Crippen LogP contribution >= 0.6 is 11.3 Å². The van der Waals surface area contributed by atoms with E-state index in [-0.39, 0.29) is 5.91 Å². The largest absolute Gasteiger partial charge is 0.321 e. The number of hydrogen-bond acceptors (Lipinski definition) is 5. The zero-order valence-electron chi connectivity index (χ0n) is 13.7.